The zero-order valence-electron chi connectivity index (χ0n) is 14.7. The molecule has 0 saturated heterocycles. The Balaban J connectivity index is 1.84. The van der Waals surface area contributed by atoms with Gasteiger partial charge in [-0.05, 0) is 24.8 Å². The van der Waals surface area contributed by atoms with Crippen LogP contribution >= 0.6 is 11.3 Å². The van der Waals surface area contributed by atoms with Crippen LogP contribution in [0.5, 0.6) is 0 Å². The number of hydrogen-bond donors (Lipinski definition) is 1. The number of amides is 2. The van der Waals surface area contributed by atoms with Crippen molar-refractivity contribution >= 4 is 23.2 Å². The van der Waals surface area contributed by atoms with Crippen molar-refractivity contribution in [1.82, 2.24) is 9.88 Å². The fraction of sp³-hybridized carbons (Fsp3) is 0.421. The van der Waals surface area contributed by atoms with Gasteiger partial charge in [0.15, 0.2) is 4.80 Å². The Morgan fingerprint density at radius 3 is 2.77 bits per heavy atom. The van der Waals surface area contributed by atoms with Crippen molar-refractivity contribution in [3.63, 3.8) is 0 Å². The summed E-state index contributed by atoms with van der Waals surface area (Å²) in [6.07, 6.45) is 5.77. The maximum atomic E-state index is 13.9. The second kappa shape index (κ2) is 8.40. The minimum absolute atomic E-state index is 0.134. The topological polar surface area (TPSA) is 63.5 Å². The van der Waals surface area contributed by atoms with Crippen LogP contribution in [-0.4, -0.2) is 22.4 Å². The van der Waals surface area contributed by atoms with Gasteiger partial charge >= 0.3 is 0 Å². The molecular weight excluding hydrogens is 353 g/mol. The summed E-state index contributed by atoms with van der Waals surface area (Å²) in [6, 6.07) is 5.96. The number of thiazole rings is 1. The van der Waals surface area contributed by atoms with Gasteiger partial charge in [-0.15, -0.1) is 11.3 Å². The number of nitrogens with zero attached hydrogens (tertiary/aromatic N) is 2. The SMILES string of the molecule is CC(=O)N[C@@H](C(=O)N=c1sccn1Cc1ccccc1F)C1CCCC1. The predicted molar refractivity (Wildman–Crippen MR) is 97.9 cm³/mol. The minimum atomic E-state index is -0.584. The molecule has 7 heteroatoms. The van der Waals surface area contributed by atoms with Crippen molar-refractivity contribution in [2.45, 2.75) is 45.2 Å². The lowest BCUT2D eigenvalue weighted by Crippen LogP contribution is -2.44. The average molecular weight is 375 g/mol. The number of nitrogens with one attached hydrogen (secondary N) is 1. The summed E-state index contributed by atoms with van der Waals surface area (Å²) in [6.45, 7) is 1.72. The fourth-order valence-electron chi connectivity index (χ4n) is 3.37. The molecule has 0 bridgehead atoms. The molecule has 2 aromatic rings. The molecular formula is C19H22FN3O2S. The lowest BCUT2D eigenvalue weighted by molar-refractivity contribution is -0.127. The summed E-state index contributed by atoms with van der Waals surface area (Å²) in [5.74, 6) is -0.714. The molecule has 2 amide bonds. The normalized spacial score (nSPS) is 16.6. The lowest BCUT2D eigenvalue weighted by atomic mass is 9.97. The van der Waals surface area contributed by atoms with Gasteiger partial charge in [0.25, 0.3) is 5.91 Å². The molecule has 1 heterocycles. The van der Waals surface area contributed by atoms with Crippen LogP contribution in [-0.2, 0) is 16.1 Å². The van der Waals surface area contributed by atoms with E-state index < -0.39 is 6.04 Å². The summed E-state index contributed by atoms with van der Waals surface area (Å²) < 4.78 is 15.6. The first-order valence-electron chi connectivity index (χ1n) is 8.77. The molecule has 1 N–H and O–H groups in total. The van der Waals surface area contributed by atoms with Gasteiger partial charge in [-0.25, -0.2) is 4.39 Å². The third-order valence-corrected chi connectivity index (χ3v) is 5.45. The molecule has 0 spiro atoms. The molecule has 1 saturated carbocycles. The molecule has 0 aliphatic heterocycles. The van der Waals surface area contributed by atoms with E-state index in [0.717, 1.165) is 25.7 Å². The third-order valence-electron chi connectivity index (χ3n) is 4.66. The monoisotopic (exact) mass is 375 g/mol. The van der Waals surface area contributed by atoms with Crippen LogP contribution in [0.2, 0.25) is 0 Å². The molecule has 26 heavy (non-hydrogen) atoms. The van der Waals surface area contributed by atoms with Gasteiger partial charge in [0, 0.05) is 24.1 Å². The summed E-state index contributed by atoms with van der Waals surface area (Å²) >= 11 is 1.32. The zero-order valence-corrected chi connectivity index (χ0v) is 15.5. The molecule has 1 aliphatic rings. The van der Waals surface area contributed by atoms with Crippen LogP contribution in [0.15, 0.2) is 40.8 Å². The standard InChI is InChI=1S/C19H22FN3O2S/c1-13(24)21-17(14-6-2-3-7-14)18(25)22-19-23(10-11-26-19)12-15-8-4-5-9-16(15)20/h4-5,8-11,14,17H,2-3,6-7,12H2,1H3,(H,21,24)/t17-/m1/s1. The molecule has 1 aliphatic carbocycles. The van der Waals surface area contributed by atoms with E-state index >= 15 is 0 Å². The van der Waals surface area contributed by atoms with E-state index in [4.69, 9.17) is 0 Å². The molecule has 3 rings (SSSR count). The first-order valence-corrected chi connectivity index (χ1v) is 9.65. The molecule has 1 aromatic heterocycles. The Kier molecular flexibility index (Phi) is 5.98. The van der Waals surface area contributed by atoms with Gasteiger partial charge in [-0.2, -0.15) is 4.99 Å². The van der Waals surface area contributed by atoms with Crippen LogP contribution < -0.4 is 10.1 Å². The molecule has 0 radical (unpaired) electrons. The van der Waals surface area contributed by atoms with E-state index in [9.17, 15) is 14.0 Å². The number of aromatic nitrogens is 1. The minimum Gasteiger partial charge on any atom is -0.344 e. The highest BCUT2D eigenvalue weighted by molar-refractivity contribution is 7.07. The van der Waals surface area contributed by atoms with Gasteiger partial charge in [0.05, 0.1) is 6.54 Å². The van der Waals surface area contributed by atoms with Gasteiger partial charge in [-0.1, -0.05) is 31.0 Å². The highest BCUT2D eigenvalue weighted by Crippen LogP contribution is 2.28. The zero-order chi connectivity index (χ0) is 18.5. The number of carbonyl (C=O) groups excluding carboxylic acids is 2. The molecule has 5 nitrogen and oxygen atoms in total. The van der Waals surface area contributed by atoms with Crippen molar-refractivity contribution in [2.24, 2.45) is 10.9 Å². The summed E-state index contributed by atoms with van der Waals surface area (Å²) in [4.78, 5) is 29.0. The molecule has 1 fully saturated rings. The van der Waals surface area contributed by atoms with E-state index in [1.54, 1.807) is 29.0 Å². The van der Waals surface area contributed by atoms with E-state index in [2.05, 4.69) is 10.3 Å². The maximum Gasteiger partial charge on any atom is 0.271 e. The Morgan fingerprint density at radius 1 is 1.35 bits per heavy atom. The van der Waals surface area contributed by atoms with Crippen LogP contribution in [0.3, 0.4) is 0 Å². The Hall–Kier alpha value is -2.28. The second-order valence-corrected chi connectivity index (χ2v) is 7.45. The van der Waals surface area contributed by atoms with Crippen molar-refractivity contribution in [2.75, 3.05) is 0 Å². The number of rotatable bonds is 5. The summed E-state index contributed by atoms with van der Waals surface area (Å²) in [5, 5.41) is 4.58. The highest BCUT2D eigenvalue weighted by Gasteiger charge is 2.31. The molecule has 0 unspecified atom stereocenters. The summed E-state index contributed by atoms with van der Waals surface area (Å²) in [5.41, 5.74) is 0.536. The van der Waals surface area contributed by atoms with E-state index in [1.807, 2.05) is 5.38 Å². The molecule has 1 aromatic carbocycles. The number of halogens is 1. The molecule has 138 valence electrons. The van der Waals surface area contributed by atoms with E-state index in [0.29, 0.717) is 16.9 Å². The number of carbonyl (C=O) groups is 2. The Bertz CT molecular complexity index is 852. The van der Waals surface area contributed by atoms with Crippen LogP contribution in [0.25, 0.3) is 0 Å². The smallest absolute Gasteiger partial charge is 0.271 e. The maximum absolute atomic E-state index is 13.9. The third kappa shape index (κ3) is 4.46. The van der Waals surface area contributed by atoms with Crippen molar-refractivity contribution < 1.29 is 14.0 Å². The molecule has 1 atom stereocenters. The first-order chi connectivity index (χ1) is 12.5. The second-order valence-electron chi connectivity index (χ2n) is 6.58. The quantitative estimate of drug-likeness (QED) is 0.873. The summed E-state index contributed by atoms with van der Waals surface area (Å²) in [7, 11) is 0. The fourth-order valence-corrected chi connectivity index (χ4v) is 4.10. The Labute approximate surface area is 155 Å². The van der Waals surface area contributed by atoms with Crippen molar-refractivity contribution in [3.8, 4) is 0 Å². The van der Waals surface area contributed by atoms with Gasteiger partial charge in [0.1, 0.15) is 11.9 Å². The first kappa shape index (κ1) is 18.5. The van der Waals surface area contributed by atoms with Crippen LogP contribution in [0, 0.1) is 11.7 Å². The highest BCUT2D eigenvalue weighted by atomic mass is 32.1. The van der Waals surface area contributed by atoms with Crippen LogP contribution in [0.1, 0.15) is 38.2 Å². The van der Waals surface area contributed by atoms with Gasteiger partial charge in [-0.3, -0.25) is 9.59 Å². The van der Waals surface area contributed by atoms with E-state index in [1.165, 1.54) is 24.3 Å². The number of benzene rings is 1. The number of hydrogen-bond acceptors (Lipinski definition) is 3. The van der Waals surface area contributed by atoms with Crippen molar-refractivity contribution in [1.29, 1.82) is 0 Å². The average Bonchev–Trinajstić information content (AvgIpc) is 3.27. The van der Waals surface area contributed by atoms with Gasteiger partial charge < -0.3 is 9.88 Å². The van der Waals surface area contributed by atoms with Crippen molar-refractivity contribution in [3.05, 3.63) is 52.0 Å². The Morgan fingerprint density at radius 2 is 2.08 bits per heavy atom. The lowest BCUT2D eigenvalue weighted by Gasteiger charge is -2.20. The van der Waals surface area contributed by atoms with E-state index in [-0.39, 0.29) is 23.5 Å². The van der Waals surface area contributed by atoms with Crippen LogP contribution in [0.4, 0.5) is 4.39 Å². The largest absolute Gasteiger partial charge is 0.344 e. The van der Waals surface area contributed by atoms with Gasteiger partial charge in [0.2, 0.25) is 5.91 Å². The predicted octanol–water partition coefficient (Wildman–Crippen LogP) is 2.86.